The molecule has 1 aromatic rings. The number of benzene rings is 1. The zero-order chi connectivity index (χ0) is 37.7. The number of carbonyl (C=O) groups is 4. The number of aliphatic hydroxyl groups is 1. The maximum atomic E-state index is 15.0. The summed E-state index contributed by atoms with van der Waals surface area (Å²) in [5.41, 5.74) is -1.35. The summed E-state index contributed by atoms with van der Waals surface area (Å²) in [4.78, 5) is 60.4. The van der Waals surface area contributed by atoms with Gasteiger partial charge < -0.3 is 34.4 Å². The summed E-state index contributed by atoms with van der Waals surface area (Å²) in [7, 11) is 1.51. The zero-order valence-electron chi connectivity index (χ0n) is 31.6. The summed E-state index contributed by atoms with van der Waals surface area (Å²) in [6, 6.07) is 6.67. The van der Waals surface area contributed by atoms with Crippen LogP contribution in [-0.2, 0) is 33.4 Å². The molecular formula is C40H59N3O8. The highest BCUT2D eigenvalue weighted by Crippen LogP contribution is 2.59. The number of esters is 1. The number of methoxy groups -OCH3 is 1. The third kappa shape index (κ3) is 8.26. The normalized spacial score (nSPS) is 25.9. The molecule has 0 aliphatic carbocycles. The fourth-order valence-electron chi connectivity index (χ4n) is 8.88. The molecule has 3 amide bonds. The Hall–Kier alpha value is -3.54. The molecule has 1 aromatic carbocycles. The van der Waals surface area contributed by atoms with E-state index in [9.17, 15) is 19.5 Å². The summed E-state index contributed by atoms with van der Waals surface area (Å²) in [6.07, 6.45) is 4.40. The lowest BCUT2D eigenvalue weighted by Crippen LogP contribution is -2.62. The van der Waals surface area contributed by atoms with Gasteiger partial charge in [0.15, 0.2) is 0 Å². The minimum absolute atomic E-state index is 0.0616. The number of carbonyl (C=O) groups excluding carboxylic acids is 4. The first-order valence-corrected chi connectivity index (χ1v) is 18.3. The first-order valence-electron chi connectivity index (χ1n) is 18.3. The van der Waals surface area contributed by atoms with Crippen molar-refractivity contribution >= 4 is 23.7 Å². The average molecular weight is 710 g/mol. The minimum Gasteiger partial charge on any atom is -0.455 e. The Morgan fingerprint density at radius 1 is 1.16 bits per heavy atom. The standard InChI is InChI=1S/C40H59N3O8/c1-10-13-19-30(45)41-28(24-49-9)33(26-17-15-14-16-18-26)50-37(48)31-29-20-21-40(51-29)32(31)35(46)43(27(12-3)23-44)34(40)36(47)42(22-11-2)39(7,8)25-38(4,5)6/h10-11,14-18,27-29,31-34,44H,1-2,12-13,19-25H2,3-9H3,(H,41,45)/t27-,28-,29+,31-,32-,33-,34+,40-/m0/s1. The van der Waals surface area contributed by atoms with E-state index in [1.54, 1.807) is 17.1 Å². The van der Waals surface area contributed by atoms with E-state index in [1.807, 2.05) is 51.1 Å². The number of hydrogen-bond acceptors (Lipinski definition) is 8. The summed E-state index contributed by atoms with van der Waals surface area (Å²) in [6.45, 7) is 19.9. The number of nitrogens with one attached hydrogen (secondary N) is 1. The first kappa shape index (κ1) is 40.2. The fraction of sp³-hybridized carbons (Fsp3) is 0.650. The Morgan fingerprint density at radius 3 is 2.41 bits per heavy atom. The van der Waals surface area contributed by atoms with Gasteiger partial charge >= 0.3 is 5.97 Å². The van der Waals surface area contributed by atoms with Gasteiger partial charge in [-0.1, -0.05) is 70.2 Å². The van der Waals surface area contributed by atoms with Crippen LogP contribution in [-0.4, -0.2) is 101 Å². The van der Waals surface area contributed by atoms with Crippen LogP contribution >= 0.6 is 0 Å². The molecule has 0 unspecified atom stereocenters. The smallest absolute Gasteiger partial charge is 0.313 e. The lowest BCUT2D eigenvalue weighted by atomic mass is 9.70. The Bertz CT molecular complexity index is 1420. The number of rotatable bonds is 18. The summed E-state index contributed by atoms with van der Waals surface area (Å²) in [5.74, 6) is -3.55. The second kappa shape index (κ2) is 16.4. The molecule has 51 heavy (non-hydrogen) atoms. The Balaban J connectivity index is 1.75. The molecule has 3 fully saturated rings. The molecule has 0 aromatic heterocycles. The van der Waals surface area contributed by atoms with E-state index in [0.29, 0.717) is 37.7 Å². The fourth-order valence-corrected chi connectivity index (χ4v) is 8.88. The molecular weight excluding hydrogens is 650 g/mol. The maximum Gasteiger partial charge on any atom is 0.313 e. The van der Waals surface area contributed by atoms with Crippen LogP contribution < -0.4 is 5.32 Å². The third-order valence-corrected chi connectivity index (χ3v) is 10.6. The number of hydrogen-bond donors (Lipinski definition) is 2. The number of amides is 3. The average Bonchev–Trinajstić information content (AvgIpc) is 3.72. The van der Waals surface area contributed by atoms with Crippen molar-refractivity contribution in [3.05, 3.63) is 61.2 Å². The molecule has 2 N–H and O–H groups in total. The van der Waals surface area contributed by atoms with Gasteiger partial charge in [0.2, 0.25) is 17.7 Å². The Kier molecular flexibility index (Phi) is 13.0. The van der Waals surface area contributed by atoms with Crippen molar-refractivity contribution in [3.8, 4) is 0 Å². The van der Waals surface area contributed by atoms with Crippen molar-refractivity contribution in [1.29, 1.82) is 0 Å². The SMILES string of the molecule is C=CCCC(=O)N[C@@H](COC)[C@@H](OC(=O)[C@@H]1[C@H]2C(=O)N([C@@H](CC)CO)[C@H](C(=O)N(CC=C)C(C)(C)CC(C)(C)C)[C@]23CC[C@H]1O3)c1ccccc1. The molecule has 4 rings (SSSR count). The lowest BCUT2D eigenvalue weighted by molar-refractivity contribution is -0.164. The van der Waals surface area contributed by atoms with Crippen LogP contribution in [0, 0.1) is 17.3 Å². The number of fused-ring (bicyclic) bond motifs is 1. The number of likely N-dealkylation sites (tertiary alicyclic amines) is 1. The second-order valence-corrected chi connectivity index (χ2v) is 16.1. The second-order valence-electron chi connectivity index (χ2n) is 16.1. The van der Waals surface area contributed by atoms with Crippen molar-refractivity contribution in [2.75, 3.05) is 26.9 Å². The highest BCUT2D eigenvalue weighted by molar-refractivity contribution is 5.98. The van der Waals surface area contributed by atoms with Gasteiger partial charge in [0.25, 0.3) is 0 Å². The van der Waals surface area contributed by atoms with Gasteiger partial charge in [-0.05, 0) is 56.9 Å². The molecule has 11 heteroatoms. The Labute approximate surface area is 303 Å². The number of aliphatic hydroxyl groups excluding tert-OH is 1. The van der Waals surface area contributed by atoms with Crippen LogP contribution in [0.2, 0.25) is 0 Å². The molecule has 11 nitrogen and oxygen atoms in total. The van der Waals surface area contributed by atoms with Crippen molar-refractivity contribution in [2.45, 2.75) is 122 Å². The van der Waals surface area contributed by atoms with E-state index >= 15 is 4.79 Å². The number of ether oxygens (including phenoxy) is 3. The molecule has 0 radical (unpaired) electrons. The predicted molar refractivity (Wildman–Crippen MR) is 194 cm³/mol. The molecule has 3 saturated heterocycles. The van der Waals surface area contributed by atoms with Crippen LogP contribution in [0.25, 0.3) is 0 Å². The van der Waals surface area contributed by atoms with E-state index in [0.717, 1.165) is 0 Å². The Morgan fingerprint density at radius 2 is 1.84 bits per heavy atom. The maximum absolute atomic E-state index is 15.0. The van der Waals surface area contributed by atoms with Crippen LogP contribution in [0.5, 0.6) is 0 Å². The van der Waals surface area contributed by atoms with Crippen molar-refractivity contribution in [1.82, 2.24) is 15.1 Å². The van der Waals surface area contributed by atoms with Gasteiger partial charge in [0.05, 0.1) is 43.2 Å². The molecule has 2 bridgehead atoms. The summed E-state index contributed by atoms with van der Waals surface area (Å²) in [5, 5.41) is 13.5. The van der Waals surface area contributed by atoms with Gasteiger partial charge in [-0.25, -0.2) is 0 Å². The van der Waals surface area contributed by atoms with Crippen molar-refractivity contribution < 1.29 is 38.5 Å². The molecule has 0 saturated carbocycles. The topological polar surface area (TPSA) is 135 Å². The van der Waals surface area contributed by atoms with E-state index in [2.05, 4.69) is 39.2 Å². The van der Waals surface area contributed by atoms with Crippen LogP contribution in [0.1, 0.15) is 91.7 Å². The van der Waals surface area contributed by atoms with Crippen LogP contribution in [0.3, 0.4) is 0 Å². The van der Waals surface area contributed by atoms with Gasteiger partial charge in [-0.3, -0.25) is 19.2 Å². The van der Waals surface area contributed by atoms with E-state index in [1.165, 1.54) is 12.0 Å². The van der Waals surface area contributed by atoms with Gasteiger partial charge in [-0.2, -0.15) is 0 Å². The van der Waals surface area contributed by atoms with E-state index < -0.39 is 65.2 Å². The molecule has 3 aliphatic heterocycles. The van der Waals surface area contributed by atoms with Crippen LogP contribution in [0.4, 0.5) is 0 Å². The highest BCUT2D eigenvalue weighted by atomic mass is 16.6. The van der Waals surface area contributed by atoms with Crippen molar-refractivity contribution in [2.24, 2.45) is 17.3 Å². The molecule has 8 atom stereocenters. The van der Waals surface area contributed by atoms with E-state index in [-0.39, 0.29) is 43.4 Å². The minimum atomic E-state index is -1.28. The predicted octanol–water partition coefficient (Wildman–Crippen LogP) is 4.74. The number of nitrogens with zero attached hydrogens (tertiary/aromatic N) is 2. The lowest BCUT2D eigenvalue weighted by Gasteiger charge is -2.46. The first-order chi connectivity index (χ1) is 24.1. The van der Waals surface area contributed by atoms with Gasteiger partial charge in [0, 0.05) is 25.6 Å². The monoisotopic (exact) mass is 709 g/mol. The quantitative estimate of drug-likeness (QED) is 0.165. The zero-order valence-corrected chi connectivity index (χ0v) is 31.6. The van der Waals surface area contributed by atoms with Gasteiger partial charge in [0.1, 0.15) is 17.7 Å². The molecule has 3 aliphatic rings. The largest absolute Gasteiger partial charge is 0.455 e. The van der Waals surface area contributed by atoms with Crippen LogP contribution in [0.15, 0.2) is 55.6 Å². The third-order valence-electron chi connectivity index (χ3n) is 10.6. The highest BCUT2D eigenvalue weighted by Gasteiger charge is 2.76. The van der Waals surface area contributed by atoms with Gasteiger partial charge in [-0.15, -0.1) is 13.2 Å². The summed E-state index contributed by atoms with van der Waals surface area (Å²) < 4.78 is 18.5. The molecule has 3 heterocycles. The molecule has 1 spiro atoms. The van der Waals surface area contributed by atoms with Crippen molar-refractivity contribution in [3.63, 3.8) is 0 Å². The summed E-state index contributed by atoms with van der Waals surface area (Å²) >= 11 is 0. The molecule has 282 valence electrons. The van der Waals surface area contributed by atoms with E-state index in [4.69, 9.17) is 14.2 Å². The number of allylic oxidation sites excluding steroid dienone is 1.